The number of para-hydroxylation sites is 1. The summed E-state index contributed by atoms with van der Waals surface area (Å²) in [7, 11) is 0. The Morgan fingerprint density at radius 1 is 1.24 bits per heavy atom. The Bertz CT molecular complexity index is 779. The molecule has 2 aromatic carbocycles. The molecule has 0 fully saturated rings. The third-order valence-electron chi connectivity index (χ3n) is 4.15. The zero-order chi connectivity index (χ0) is 17.8. The number of hydrogen-bond donors (Lipinski definition) is 2. The van der Waals surface area contributed by atoms with E-state index in [1.807, 2.05) is 48.5 Å². The number of rotatable bonds is 5. The van der Waals surface area contributed by atoms with Crippen LogP contribution in [0.2, 0.25) is 5.02 Å². The minimum absolute atomic E-state index is 0.110. The Kier molecular flexibility index (Phi) is 5.66. The van der Waals surface area contributed by atoms with Crippen LogP contribution in [0.5, 0.6) is 0 Å². The zero-order valence-corrected chi connectivity index (χ0v) is 15.4. The van der Waals surface area contributed by atoms with E-state index in [1.165, 1.54) is 11.8 Å². The summed E-state index contributed by atoms with van der Waals surface area (Å²) in [5, 5.41) is 6.07. The number of nitrogens with one attached hydrogen (secondary N) is 2. The van der Waals surface area contributed by atoms with Gasteiger partial charge >= 0.3 is 0 Å². The van der Waals surface area contributed by atoms with Gasteiger partial charge in [0, 0.05) is 16.5 Å². The number of benzene rings is 2. The topological polar surface area (TPSA) is 58.2 Å². The smallest absolute Gasteiger partial charge is 0.238 e. The molecule has 0 aromatic heterocycles. The van der Waals surface area contributed by atoms with E-state index in [-0.39, 0.29) is 11.8 Å². The molecule has 0 saturated heterocycles. The highest BCUT2D eigenvalue weighted by Gasteiger charge is 2.34. The van der Waals surface area contributed by atoms with Gasteiger partial charge in [-0.2, -0.15) is 0 Å². The number of anilines is 1. The number of fused-ring (bicyclic) bond motifs is 1. The lowest BCUT2D eigenvalue weighted by molar-refractivity contribution is -0.127. The summed E-state index contributed by atoms with van der Waals surface area (Å²) in [6.07, 6.45) is 0.725. The van der Waals surface area contributed by atoms with Crippen molar-refractivity contribution in [3.8, 4) is 0 Å². The molecule has 130 valence electrons. The molecule has 2 aromatic rings. The van der Waals surface area contributed by atoms with E-state index in [1.54, 1.807) is 6.92 Å². The van der Waals surface area contributed by atoms with E-state index in [0.717, 1.165) is 22.6 Å². The van der Waals surface area contributed by atoms with Crippen LogP contribution in [-0.4, -0.2) is 23.6 Å². The van der Waals surface area contributed by atoms with Crippen molar-refractivity contribution in [2.45, 2.75) is 23.5 Å². The first-order valence-electron chi connectivity index (χ1n) is 8.13. The van der Waals surface area contributed by atoms with E-state index >= 15 is 0 Å². The highest BCUT2D eigenvalue weighted by Crippen LogP contribution is 2.38. The third-order valence-corrected chi connectivity index (χ3v) is 5.89. The second-order valence-electron chi connectivity index (χ2n) is 5.98. The van der Waals surface area contributed by atoms with Gasteiger partial charge in [-0.05, 0) is 36.2 Å². The van der Waals surface area contributed by atoms with Gasteiger partial charge in [-0.3, -0.25) is 9.59 Å². The summed E-state index contributed by atoms with van der Waals surface area (Å²) in [4.78, 5) is 25.7. The molecule has 1 aliphatic heterocycles. The SMILES string of the molecule is CC(C(=O)NCCc1ccc(Cl)cc1)C1Sc2ccccc2NC1=O. The predicted octanol–water partition coefficient (Wildman–Crippen LogP) is 3.75. The molecule has 4 nitrogen and oxygen atoms in total. The van der Waals surface area contributed by atoms with Crippen LogP contribution in [-0.2, 0) is 16.0 Å². The van der Waals surface area contributed by atoms with Crippen molar-refractivity contribution in [3.05, 3.63) is 59.1 Å². The Morgan fingerprint density at radius 3 is 2.72 bits per heavy atom. The first kappa shape index (κ1) is 17.8. The maximum Gasteiger partial charge on any atom is 0.238 e. The van der Waals surface area contributed by atoms with E-state index in [0.29, 0.717) is 11.6 Å². The molecule has 25 heavy (non-hydrogen) atoms. The minimum atomic E-state index is -0.426. The van der Waals surface area contributed by atoms with E-state index in [4.69, 9.17) is 11.6 Å². The molecule has 1 heterocycles. The second kappa shape index (κ2) is 7.93. The molecule has 2 amide bonds. The van der Waals surface area contributed by atoms with Gasteiger partial charge in [-0.1, -0.05) is 42.8 Å². The van der Waals surface area contributed by atoms with Crippen LogP contribution in [0.15, 0.2) is 53.4 Å². The van der Waals surface area contributed by atoms with Crippen LogP contribution < -0.4 is 10.6 Å². The summed E-state index contributed by atoms with van der Waals surface area (Å²) in [6, 6.07) is 15.2. The Labute approximate surface area is 156 Å². The number of carbonyl (C=O) groups excluding carboxylic acids is 2. The molecule has 0 saturated carbocycles. The quantitative estimate of drug-likeness (QED) is 0.838. The van der Waals surface area contributed by atoms with Crippen molar-refractivity contribution in [3.63, 3.8) is 0 Å². The second-order valence-corrected chi connectivity index (χ2v) is 7.60. The van der Waals surface area contributed by atoms with Crippen LogP contribution in [0.1, 0.15) is 12.5 Å². The normalized spacial score (nSPS) is 17.4. The molecule has 2 N–H and O–H groups in total. The van der Waals surface area contributed by atoms with Crippen LogP contribution in [0.25, 0.3) is 0 Å². The molecule has 0 spiro atoms. The van der Waals surface area contributed by atoms with Gasteiger partial charge in [0.1, 0.15) is 0 Å². The molecule has 0 aliphatic carbocycles. The zero-order valence-electron chi connectivity index (χ0n) is 13.8. The maximum atomic E-state index is 12.4. The fourth-order valence-electron chi connectivity index (χ4n) is 2.68. The van der Waals surface area contributed by atoms with Crippen molar-refractivity contribution < 1.29 is 9.59 Å². The number of halogens is 1. The fraction of sp³-hybridized carbons (Fsp3) is 0.263. The van der Waals surface area contributed by atoms with Crippen molar-refractivity contribution in [2.75, 3.05) is 11.9 Å². The van der Waals surface area contributed by atoms with Gasteiger partial charge in [0.05, 0.1) is 16.9 Å². The summed E-state index contributed by atoms with van der Waals surface area (Å²) in [6.45, 7) is 2.32. The number of carbonyl (C=O) groups is 2. The Morgan fingerprint density at radius 2 is 1.96 bits per heavy atom. The fourth-order valence-corrected chi connectivity index (χ4v) is 3.97. The molecule has 0 bridgehead atoms. The van der Waals surface area contributed by atoms with Crippen LogP contribution >= 0.6 is 23.4 Å². The van der Waals surface area contributed by atoms with E-state index < -0.39 is 11.2 Å². The highest BCUT2D eigenvalue weighted by atomic mass is 35.5. The number of thioether (sulfide) groups is 1. The van der Waals surface area contributed by atoms with Gasteiger partial charge < -0.3 is 10.6 Å². The highest BCUT2D eigenvalue weighted by molar-refractivity contribution is 8.01. The van der Waals surface area contributed by atoms with Crippen molar-refractivity contribution >= 4 is 40.9 Å². The average molecular weight is 375 g/mol. The summed E-state index contributed by atoms with van der Waals surface area (Å²) in [5.41, 5.74) is 1.92. The summed E-state index contributed by atoms with van der Waals surface area (Å²) >= 11 is 7.31. The van der Waals surface area contributed by atoms with Crippen molar-refractivity contribution in [1.82, 2.24) is 5.32 Å². The standard InChI is InChI=1S/C19H19ClN2O2S/c1-12(17-19(24)22-15-4-2-3-5-16(15)25-17)18(23)21-11-10-13-6-8-14(20)9-7-13/h2-9,12,17H,10-11H2,1H3,(H,21,23)(H,22,24). The van der Waals surface area contributed by atoms with Gasteiger partial charge in [0.2, 0.25) is 11.8 Å². The number of hydrogen-bond acceptors (Lipinski definition) is 3. The molecular formula is C19H19ClN2O2S. The van der Waals surface area contributed by atoms with Gasteiger partial charge in [0.15, 0.2) is 0 Å². The average Bonchev–Trinajstić information content (AvgIpc) is 2.62. The lowest BCUT2D eigenvalue weighted by Gasteiger charge is -2.27. The molecule has 1 aliphatic rings. The van der Waals surface area contributed by atoms with E-state index in [2.05, 4.69) is 10.6 Å². The van der Waals surface area contributed by atoms with Gasteiger partial charge in [-0.15, -0.1) is 11.8 Å². The lowest BCUT2D eigenvalue weighted by Crippen LogP contribution is -2.42. The summed E-state index contributed by atoms with van der Waals surface area (Å²) in [5.74, 6) is -0.645. The Hall–Kier alpha value is -1.98. The molecule has 2 unspecified atom stereocenters. The van der Waals surface area contributed by atoms with Crippen LogP contribution in [0, 0.1) is 5.92 Å². The van der Waals surface area contributed by atoms with Crippen molar-refractivity contribution in [2.24, 2.45) is 5.92 Å². The molecule has 3 rings (SSSR count). The monoisotopic (exact) mass is 374 g/mol. The molecule has 2 atom stereocenters. The maximum absolute atomic E-state index is 12.4. The molecule has 6 heteroatoms. The predicted molar refractivity (Wildman–Crippen MR) is 102 cm³/mol. The molecule has 0 radical (unpaired) electrons. The van der Waals surface area contributed by atoms with Gasteiger partial charge in [-0.25, -0.2) is 0 Å². The largest absolute Gasteiger partial charge is 0.355 e. The van der Waals surface area contributed by atoms with Crippen molar-refractivity contribution in [1.29, 1.82) is 0 Å². The minimum Gasteiger partial charge on any atom is -0.355 e. The molecular weight excluding hydrogens is 356 g/mol. The van der Waals surface area contributed by atoms with Crippen LogP contribution in [0.4, 0.5) is 5.69 Å². The lowest BCUT2D eigenvalue weighted by atomic mass is 10.1. The third kappa shape index (κ3) is 4.35. The van der Waals surface area contributed by atoms with Crippen LogP contribution in [0.3, 0.4) is 0 Å². The number of amides is 2. The Balaban J connectivity index is 1.55. The summed E-state index contributed by atoms with van der Waals surface area (Å²) < 4.78 is 0. The van der Waals surface area contributed by atoms with Gasteiger partial charge in [0.25, 0.3) is 0 Å². The first-order valence-corrected chi connectivity index (χ1v) is 9.39. The van der Waals surface area contributed by atoms with E-state index in [9.17, 15) is 9.59 Å². The first-order chi connectivity index (χ1) is 12.0.